The number of nitrogens with zero attached hydrogens (tertiary/aromatic N) is 5. The van der Waals surface area contributed by atoms with Gasteiger partial charge in [0.05, 0.1) is 5.69 Å². The van der Waals surface area contributed by atoms with Crippen molar-refractivity contribution in [3.63, 3.8) is 0 Å². The van der Waals surface area contributed by atoms with Gasteiger partial charge in [-0.3, -0.25) is 4.90 Å². The van der Waals surface area contributed by atoms with E-state index in [0.29, 0.717) is 11.5 Å². The van der Waals surface area contributed by atoms with Gasteiger partial charge in [-0.25, -0.2) is 4.39 Å². The fraction of sp³-hybridized carbons (Fsp3) is 0.409. The fourth-order valence-corrected chi connectivity index (χ4v) is 4.41. The molecule has 1 aliphatic rings. The van der Waals surface area contributed by atoms with Crippen molar-refractivity contribution >= 4 is 34.4 Å². The number of fused-ring (bicyclic) bond motifs is 2. The van der Waals surface area contributed by atoms with Gasteiger partial charge in [-0.2, -0.15) is 15.0 Å². The van der Waals surface area contributed by atoms with E-state index in [1.807, 2.05) is 29.1 Å². The lowest BCUT2D eigenvalue weighted by atomic mass is 9.91. The SMILES string of the molecule is CCCC(N1CCC(c2noc3cc(F)ccc23)CC1)n1nc2ccccc2n1.Cl. The molecular formula is C22H25ClFN5O. The smallest absolute Gasteiger partial charge is 0.170 e. The molecule has 3 heterocycles. The third-order valence-electron chi connectivity index (χ3n) is 5.92. The Hall–Kier alpha value is -2.51. The molecule has 30 heavy (non-hydrogen) atoms. The summed E-state index contributed by atoms with van der Waals surface area (Å²) in [4.78, 5) is 4.36. The van der Waals surface area contributed by atoms with Crippen LogP contribution in [0.3, 0.4) is 0 Å². The number of benzene rings is 2. The van der Waals surface area contributed by atoms with Crippen LogP contribution >= 0.6 is 12.4 Å². The standard InChI is InChI=1S/C22H24FN5O.ClH/c1-2-5-21(28-24-18-6-3-4-7-19(18)25-28)27-12-10-15(11-13-27)22-17-9-8-16(23)14-20(17)29-26-22;/h3-4,6-9,14-15,21H,2,5,10-13H2,1H3;1H. The van der Waals surface area contributed by atoms with Gasteiger partial charge in [0.2, 0.25) is 0 Å². The van der Waals surface area contributed by atoms with Gasteiger partial charge in [0, 0.05) is 30.5 Å². The quantitative estimate of drug-likeness (QED) is 0.430. The van der Waals surface area contributed by atoms with E-state index in [0.717, 1.165) is 60.9 Å². The lowest BCUT2D eigenvalue weighted by Crippen LogP contribution is -2.39. The van der Waals surface area contributed by atoms with E-state index in [2.05, 4.69) is 17.0 Å². The van der Waals surface area contributed by atoms with Crippen molar-refractivity contribution < 1.29 is 8.91 Å². The summed E-state index contributed by atoms with van der Waals surface area (Å²) in [5.41, 5.74) is 3.35. The van der Waals surface area contributed by atoms with Gasteiger partial charge in [-0.15, -0.1) is 12.4 Å². The Morgan fingerprint density at radius 2 is 1.80 bits per heavy atom. The Morgan fingerprint density at radius 3 is 2.47 bits per heavy atom. The van der Waals surface area contributed by atoms with Crippen molar-refractivity contribution in [2.24, 2.45) is 0 Å². The van der Waals surface area contributed by atoms with Gasteiger partial charge >= 0.3 is 0 Å². The van der Waals surface area contributed by atoms with Gasteiger partial charge in [-0.05, 0) is 43.5 Å². The maximum atomic E-state index is 13.4. The van der Waals surface area contributed by atoms with E-state index >= 15 is 0 Å². The normalized spacial score (nSPS) is 16.7. The first kappa shape index (κ1) is 20.8. The van der Waals surface area contributed by atoms with Crippen molar-refractivity contribution in [3.05, 3.63) is 54.0 Å². The molecule has 1 fully saturated rings. The highest BCUT2D eigenvalue weighted by Gasteiger charge is 2.30. The maximum Gasteiger partial charge on any atom is 0.170 e. The van der Waals surface area contributed by atoms with Crippen molar-refractivity contribution in [2.45, 2.75) is 44.7 Å². The molecule has 1 atom stereocenters. The Labute approximate surface area is 180 Å². The minimum Gasteiger partial charge on any atom is -0.356 e. The zero-order valence-corrected chi connectivity index (χ0v) is 17.7. The van der Waals surface area contributed by atoms with Crippen LogP contribution in [-0.2, 0) is 0 Å². The number of likely N-dealkylation sites (tertiary alicyclic amines) is 1. The molecule has 0 radical (unpaired) electrons. The van der Waals surface area contributed by atoms with Crippen molar-refractivity contribution in [3.8, 4) is 0 Å². The summed E-state index contributed by atoms with van der Waals surface area (Å²) in [6, 6.07) is 12.7. The van der Waals surface area contributed by atoms with Gasteiger partial charge in [-0.1, -0.05) is 30.6 Å². The van der Waals surface area contributed by atoms with Gasteiger partial charge in [0.15, 0.2) is 5.58 Å². The topological polar surface area (TPSA) is 60.0 Å². The highest BCUT2D eigenvalue weighted by molar-refractivity contribution is 5.85. The Balaban J connectivity index is 0.00000218. The molecule has 2 aromatic carbocycles. The Bertz CT molecular complexity index is 1100. The van der Waals surface area contributed by atoms with Crippen LogP contribution in [-0.4, -0.2) is 38.1 Å². The number of hydrogen-bond acceptors (Lipinski definition) is 5. The summed E-state index contributed by atoms with van der Waals surface area (Å²) >= 11 is 0. The molecule has 0 spiro atoms. The Kier molecular flexibility index (Phi) is 6.01. The van der Waals surface area contributed by atoms with Crippen LogP contribution in [0.5, 0.6) is 0 Å². The third-order valence-corrected chi connectivity index (χ3v) is 5.92. The number of hydrogen-bond donors (Lipinski definition) is 0. The Morgan fingerprint density at radius 1 is 1.10 bits per heavy atom. The van der Waals surface area contributed by atoms with E-state index in [-0.39, 0.29) is 24.4 Å². The first-order valence-corrected chi connectivity index (χ1v) is 10.3. The molecule has 0 saturated carbocycles. The van der Waals surface area contributed by atoms with Crippen LogP contribution in [0.15, 0.2) is 47.0 Å². The van der Waals surface area contributed by atoms with E-state index in [9.17, 15) is 4.39 Å². The van der Waals surface area contributed by atoms with Crippen molar-refractivity contribution in [1.82, 2.24) is 25.1 Å². The van der Waals surface area contributed by atoms with E-state index in [1.54, 1.807) is 6.07 Å². The second-order valence-electron chi connectivity index (χ2n) is 7.80. The third kappa shape index (κ3) is 3.79. The van der Waals surface area contributed by atoms with Crippen LogP contribution in [0.1, 0.15) is 50.4 Å². The summed E-state index contributed by atoms with van der Waals surface area (Å²) in [6.45, 7) is 4.09. The van der Waals surface area contributed by atoms with Crippen molar-refractivity contribution in [1.29, 1.82) is 0 Å². The fourth-order valence-electron chi connectivity index (χ4n) is 4.41. The van der Waals surface area contributed by atoms with Crippen molar-refractivity contribution in [2.75, 3.05) is 13.1 Å². The molecule has 0 bridgehead atoms. The molecule has 0 amide bonds. The molecule has 0 aliphatic carbocycles. The second-order valence-corrected chi connectivity index (χ2v) is 7.80. The molecule has 2 aromatic heterocycles. The van der Waals surface area contributed by atoms with Gasteiger partial charge in [0.1, 0.15) is 23.0 Å². The summed E-state index contributed by atoms with van der Waals surface area (Å²) in [5, 5.41) is 14.6. The molecular weight excluding hydrogens is 405 g/mol. The molecule has 1 aliphatic heterocycles. The average Bonchev–Trinajstić information content (AvgIpc) is 3.36. The zero-order valence-electron chi connectivity index (χ0n) is 16.9. The van der Waals surface area contributed by atoms with E-state index in [4.69, 9.17) is 14.7 Å². The predicted molar refractivity (Wildman–Crippen MR) is 116 cm³/mol. The maximum absolute atomic E-state index is 13.4. The summed E-state index contributed by atoms with van der Waals surface area (Å²) in [6.07, 6.45) is 4.22. The minimum atomic E-state index is -0.295. The molecule has 5 rings (SSSR count). The molecule has 8 heteroatoms. The molecule has 158 valence electrons. The summed E-state index contributed by atoms with van der Waals surface area (Å²) in [5.74, 6) is 0.0291. The average molecular weight is 430 g/mol. The minimum absolute atomic E-state index is 0. The number of halogens is 2. The monoisotopic (exact) mass is 429 g/mol. The summed E-state index contributed by atoms with van der Waals surface area (Å²) < 4.78 is 18.8. The van der Waals surface area contributed by atoms with E-state index in [1.165, 1.54) is 12.1 Å². The second kappa shape index (κ2) is 8.70. The van der Waals surface area contributed by atoms with E-state index < -0.39 is 0 Å². The van der Waals surface area contributed by atoms with Crippen LogP contribution in [0.2, 0.25) is 0 Å². The zero-order chi connectivity index (χ0) is 19.8. The molecule has 1 unspecified atom stereocenters. The van der Waals surface area contributed by atoms with Crippen LogP contribution in [0.25, 0.3) is 22.0 Å². The molecule has 4 aromatic rings. The lowest BCUT2D eigenvalue weighted by molar-refractivity contribution is 0.0768. The van der Waals surface area contributed by atoms with Gasteiger partial charge < -0.3 is 4.52 Å². The first-order valence-electron chi connectivity index (χ1n) is 10.3. The molecule has 6 nitrogen and oxygen atoms in total. The first-order chi connectivity index (χ1) is 14.2. The highest BCUT2D eigenvalue weighted by Crippen LogP contribution is 2.35. The number of piperidine rings is 1. The number of rotatable bonds is 5. The van der Waals surface area contributed by atoms with Crippen LogP contribution < -0.4 is 0 Å². The number of aromatic nitrogens is 4. The molecule has 1 saturated heterocycles. The van der Waals surface area contributed by atoms with Crippen LogP contribution in [0.4, 0.5) is 4.39 Å². The lowest BCUT2D eigenvalue weighted by Gasteiger charge is -2.36. The predicted octanol–water partition coefficient (Wildman–Crippen LogP) is 5.31. The molecule has 0 N–H and O–H groups in total. The highest BCUT2D eigenvalue weighted by atomic mass is 35.5. The largest absolute Gasteiger partial charge is 0.356 e. The van der Waals surface area contributed by atoms with Crippen LogP contribution in [0, 0.1) is 5.82 Å². The van der Waals surface area contributed by atoms with Gasteiger partial charge in [0.25, 0.3) is 0 Å². The summed E-state index contributed by atoms with van der Waals surface area (Å²) in [7, 11) is 0.